The number of methoxy groups -OCH3 is 2. The molecule has 1 amide bonds. The van der Waals surface area contributed by atoms with Crippen molar-refractivity contribution in [2.75, 3.05) is 47.0 Å². The largest absolute Gasteiger partial charge is 0.504 e. The van der Waals surface area contributed by atoms with Gasteiger partial charge in [-0.15, -0.1) is 11.8 Å². The molecule has 302 valence electrons. The van der Waals surface area contributed by atoms with Crippen LogP contribution in [-0.4, -0.2) is 103 Å². The van der Waals surface area contributed by atoms with Gasteiger partial charge in [-0.2, -0.15) is 0 Å². The summed E-state index contributed by atoms with van der Waals surface area (Å²) >= 11 is 1.48. The van der Waals surface area contributed by atoms with Crippen molar-refractivity contribution in [2.45, 2.75) is 81.7 Å². The normalized spacial score (nSPS) is 28.4. The molecular formula is C41H46N4O11S. The molecule has 7 unspecified atom stereocenters. The summed E-state index contributed by atoms with van der Waals surface area (Å²) in [5, 5.41) is 29.1. The van der Waals surface area contributed by atoms with Crippen LogP contribution in [0.3, 0.4) is 0 Å². The van der Waals surface area contributed by atoms with Gasteiger partial charge < -0.3 is 44.0 Å². The van der Waals surface area contributed by atoms with E-state index in [2.05, 4.69) is 26.5 Å². The Labute approximate surface area is 333 Å². The average Bonchev–Trinajstić information content (AvgIpc) is 3.66. The number of fused-ring (bicyclic) bond motifs is 9. The third kappa shape index (κ3) is 5.40. The number of rotatable bonds is 4. The van der Waals surface area contributed by atoms with Gasteiger partial charge in [-0.1, -0.05) is 6.07 Å². The van der Waals surface area contributed by atoms with Gasteiger partial charge in [0, 0.05) is 60.5 Å². The summed E-state index contributed by atoms with van der Waals surface area (Å²) in [6.45, 7) is 6.76. The number of phenolic OH excluding ortho intramolecular Hbond substituents is 2. The molecule has 7 aliphatic heterocycles. The molecule has 57 heavy (non-hydrogen) atoms. The van der Waals surface area contributed by atoms with E-state index in [1.165, 1.54) is 39.8 Å². The number of ether oxygens (including phenoxy) is 6. The van der Waals surface area contributed by atoms with E-state index in [0.717, 1.165) is 16.7 Å². The smallest absolute Gasteiger partial charge is 0.331 e. The zero-order chi connectivity index (χ0) is 40.2. The van der Waals surface area contributed by atoms with Crippen molar-refractivity contribution in [2.24, 2.45) is 0 Å². The highest BCUT2D eigenvalue weighted by Gasteiger charge is 2.62. The predicted octanol–water partition coefficient (Wildman–Crippen LogP) is 3.56. The predicted molar refractivity (Wildman–Crippen MR) is 206 cm³/mol. The van der Waals surface area contributed by atoms with Gasteiger partial charge in [-0.05, 0) is 68.1 Å². The molecule has 3 aromatic rings. The third-order valence-electron chi connectivity index (χ3n) is 12.7. The maximum Gasteiger partial charge on any atom is 0.331 e. The second kappa shape index (κ2) is 13.6. The molecule has 7 atom stereocenters. The van der Waals surface area contributed by atoms with Crippen molar-refractivity contribution >= 4 is 29.6 Å². The fraction of sp³-hybridized carbons (Fsp3) is 0.488. The number of thioether (sulfide) groups is 1. The first kappa shape index (κ1) is 37.7. The van der Waals surface area contributed by atoms with Crippen molar-refractivity contribution in [3.8, 4) is 40.2 Å². The van der Waals surface area contributed by atoms with Crippen LogP contribution in [-0.2, 0) is 37.5 Å². The zero-order valence-electron chi connectivity index (χ0n) is 32.8. The van der Waals surface area contributed by atoms with Crippen LogP contribution < -0.4 is 34.3 Å². The Morgan fingerprint density at radius 2 is 1.77 bits per heavy atom. The Hall–Kier alpha value is -4.90. The summed E-state index contributed by atoms with van der Waals surface area (Å²) in [4.78, 5) is 45.5. The van der Waals surface area contributed by atoms with Crippen molar-refractivity contribution < 1.29 is 53.0 Å². The summed E-state index contributed by atoms with van der Waals surface area (Å²) in [5.74, 6) is 0.704. The molecule has 16 heteroatoms. The summed E-state index contributed by atoms with van der Waals surface area (Å²) < 4.78 is 36.3. The van der Waals surface area contributed by atoms with E-state index in [1.54, 1.807) is 12.1 Å². The van der Waals surface area contributed by atoms with E-state index in [1.807, 2.05) is 20.9 Å². The number of aryl methyl sites for hydroxylation is 1. The molecule has 3 aromatic carbocycles. The highest BCUT2D eigenvalue weighted by atomic mass is 32.2. The van der Waals surface area contributed by atoms with Crippen LogP contribution in [0.1, 0.15) is 75.7 Å². The minimum absolute atomic E-state index is 0.0272. The molecule has 4 N–H and O–H groups in total. The Morgan fingerprint density at radius 3 is 2.49 bits per heavy atom. The molecule has 10 rings (SSSR count). The lowest BCUT2D eigenvalue weighted by Gasteiger charge is -2.63. The second-order valence-corrected chi connectivity index (χ2v) is 16.8. The minimum Gasteiger partial charge on any atom is -0.504 e. The maximum absolute atomic E-state index is 14.9. The fourth-order valence-electron chi connectivity index (χ4n) is 10.4. The van der Waals surface area contributed by atoms with Crippen molar-refractivity contribution in [1.29, 1.82) is 0 Å². The Kier molecular flexibility index (Phi) is 8.99. The number of carbonyl (C=O) groups excluding carboxylic acids is 3. The molecular weight excluding hydrogens is 757 g/mol. The first-order chi connectivity index (χ1) is 27.3. The molecule has 0 aliphatic carbocycles. The summed E-state index contributed by atoms with van der Waals surface area (Å²) in [6, 6.07) is 3.34. The first-order valence-corrected chi connectivity index (χ1v) is 20.1. The lowest BCUT2D eigenvalue weighted by molar-refractivity contribution is -0.161. The van der Waals surface area contributed by atoms with E-state index in [-0.39, 0.29) is 48.4 Å². The number of aromatic hydroxyl groups is 2. The number of benzene rings is 3. The molecule has 2 saturated heterocycles. The number of esters is 2. The molecule has 15 nitrogen and oxygen atoms in total. The number of nitrogens with zero attached hydrogens (tertiary/aromatic N) is 2. The van der Waals surface area contributed by atoms with E-state index in [4.69, 9.17) is 28.4 Å². The van der Waals surface area contributed by atoms with Gasteiger partial charge >= 0.3 is 11.9 Å². The van der Waals surface area contributed by atoms with Crippen LogP contribution in [0, 0.1) is 13.8 Å². The SMILES string of the molecule is COc1cc2c(cc1O)CCNC21CSC2c3c(OC(C)=O)c(C)c4c(c3C(COC1=O)N1C(NC(C)=O)C3Cc5cc(C)c(OC)c(O)c5C(C21)N3C)OCO4. The van der Waals surface area contributed by atoms with Gasteiger partial charge in [0.2, 0.25) is 12.7 Å². The van der Waals surface area contributed by atoms with Crippen LogP contribution in [0.2, 0.25) is 0 Å². The topological polar surface area (TPSA) is 178 Å². The highest BCUT2D eigenvalue weighted by molar-refractivity contribution is 7.99. The van der Waals surface area contributed by atoms with Gasteiger partial charge in [-0.25, -0.2) is 4.79 Å². The molecule has 7 heterocycles. The van der Waals surface area contributed by atoms with Crippen LogP contribution >= 0.6 is 11.8 Å². The molecule has 7 aliphatic rings. The number of carbonyl (C=O) groups is 3. The van der Waals surface area contributed by atoms with E-state index in [9.17, 15) is 24.6 Å². The minimum atomic E-state index is -1.37. The van der Waals surface area contributed by atoms with Gasteiger partial charge in [0.15, 0.2) is 40.0 Å². The summed E-state index contributed by atoms with van der Waals surface area (Å²) in [6.07, 6.45) is 0.452. The number of piperazine rings is 1. The molecule has 2 fully saturated rings. The molecule has 0 saturated carbocycles. The van der Waals surface area contributed by atoms with Gasteiger partial charge in [0.25, 0.3) is 0 Å². The van der Waals surface area contributed by atoms with Crippen molar-refractivity contribution in [3.05, 3.63) is 62.7 Å². The summed E-state index contributed by atoms with van der Waals surface area (Å²) in [5.41, 5.74) is 4.40. The maximum atomic E-state index is 14.9. The van der Waals surface area contributed by atoms with E-state index in [0.29, 0.717) is 70.2 Å². The van der Waals surface area contributed by atoms with E-state index < -0.39 is 47.0 Å². The average molecular weight is 803 g/mol. The summed E-state index contributed by atoms with van der Waals surface area (Å²) in [7, 11) is 5.01. The van der Waals surface area contributed by atoms with Gasteiger partial charge in [0.1, 0.15) is 12.4 Å². The molecule has 4 bridgehead atoms. The Morgan fingerprint density at radius 1 is 1.00 bits per heavy atom. The Bertz CT molecular complexity index is 2250. The van der Waals surface area contributed by atoms with E-state index >= 15 is 0 Å². The number of hydrogen-bond acceptors (Lipinski definition) is 15. The second-order valence-electron chi connectivity index (χ2n) is 15.7. The number of amides is 1. The number of nitrogens with one attached hydrogen (secondary N) is 2. The third-order valence-corrected chi connectivity index (χ3v) is 14.1. The quantitative estimate of drug-likeness (QED) is 0.222. The van der Waals surface area contributed by atoms with Crippen LogP contribution in [0.4, 0.5) is 0 Å². The van der Waals surface area contributed by atoms with Crippen LogP contribution in [0.25, 0.3) is 0 Å². The molecule has 0 aromatic heterocycles. The number of hydrogen-bond donors (Lipinski definition) is 4. The van der Waals surface area contributed by atoms with Crippen molar-refractivity contribution in [1.82, 2.24) is 20.4 Å². The lowest BCUT2D eigenvalue weighted by Crippen LogP contribution is -2.73. The number of likely N-dealkylation sites (N-methyl/N-ethyl adjacent to an activating group) is 1. The monoisotopic (exact) mass is 802 g/mol. The van der Waals surface area contributed by atoms with Gasteiger partial charge in [0.05, 0.1) is 37.7 Å². The highest BCUT2D eigenvalue weighted by Crippen LogP contribution is 2.64. The van der Waals surface area contributed by atoms with Crippen LogP contribution in [0.15, 0.2) is 18.2 Å². The first-order valence-electron chi connectivity index (χ1n) is 19.1. The molecule has 0 radical (unpaired) electrons. The molecule has 1 spiro atoms. The standard InChI is InChI=1S/C41H46N4O11S/c1-17-10-22-11-24-39(43-19(3)46)45-25-14-53-40(50)41(23-13-27(51-6)26(48)12-21(23)8-9-42-41)15-57-38(32(45)31(44(24)5)28(22)33(49)34(17)52-7)30-29(25)37-36(54-16-55-37)18(2)35(30)56-20(4)47/h10,12-13,24-25,31-32,38-39,42,48-49H,8-9,11,14-16H2,1-7H3,(H,43,46). The fourth-order valence-corrected chi connectivity index (χ4v) is 12.1. The Balaban J connectivity index is 1.34. The zero-order valence-corrected chi connectivity index (χ0v) is 33.6. The lowest BCUT2D eigenvalue weighted by atomic mass is 9.72. The van der Waals surface area contributed by atoms with Crippen LogP contribution in [0.5, 0.6) is 40.2 Å². The number of phenols is 2. The van der Waals surface area contributed by atoms with Crippen molar-refractivity contribution in [3.63, 3.8) is 0 Å². The van der Waals surface area contributed by atoms with Gasteiger partial charge in [-0.3, -0.25) is 24.7 Å².